The molecule has 5 heteroatoms. The van der Waals surface area contributed by atoms with Crippen molar-refractivity contribution < 1.29 is 14.3 Å². The average molecular weight is 332 g/mol. The maximum Gasteiger partial charge on any atom is 0.410 e. The van der Waals surface area contributed by atoms with Crippen molar-refractivity contribution in [2.75, 3.05) is 18.0 Å². The van der Waals surface area contributed by atoms with Crippen molar-refractivity contribution in [1.29, 1.82) is 0 Å². The van der Waals surface area contributed by atoms with Gasteiger partial charge >= 0.3 is 6.09 Å². The van der Waals surface area contributed by atoms with Gasteiger partial charge in [0.2, 0.25) is 5.91 Å². The van der Waals surface area contributed by atoms with E-state index in [0.29, 0.717) is 13.1 Å². The smallest absolute Gasteiger partial charge is 0.410 e. The van der Waals surface area contributed by atoms with E-state index in [1.54, 1.807) is 11.8 Å². The molecule has 1 heterocycles. The number of nitrogens with zero attached hydrogens (tertiary/aromatic N) is 2. The molecule has 24 heavy (non-hydrogen) atoms. The maximum atomic E-state index is 12.2. The molecule has 2 rings (SSSR count). The molecule has 1 aromatic rings. The fraction of sp³-hybridized carbons (Fsp3) is 0.579. The molecule has 1 fully saturated rings. The second-order valence-corrected chi connectivity index (χ2v) is 7.43. The molecule has 0 atom stereocenters. The van der Waals surface area contributed by atoms with Gasteiger partial charge < -0.3 is 14.5 Å². The maximum absolute atomic E-state index is 12.2. The summed E-state index contributed by atoms with van der Waals surface area (Å²) in [6, 6.07) is 8.10. The number of hydrogen-bond donors (Lipinski definition) is 0. The molecule has 1 aliphatic rings. The third-order valence-electron chi connectivity index (χ3n) is 4.10. The third-order valence-corrected chi connectivity index (χ3v) is 4.10. The molecule has 0 N–H and O–H groups in total. The molecular formula is C19H28N2O3. The standard InChI is InChI=1S/C19H28N2O3/c1-14-7-6-8-17(13-14)21(15(2)22)16-9-11-20(12-10-16)18(23)24-19(3,4)5/h6-8,13,16H,9-12H2,1-5H3. The Bertz CT molecular complexity index is 599. The van der Waals surface area contributed by atoms with Crippen molar-refractivity contribution >= 4 is 17.7 Å². The Morgan fingerprint density at radius 3 is 2.33 bits per heavy atom. The molecule has 0 radical (unpaired) electrons. The van der Waals surface area contributed by atoms with Crippen molar-refractivity contribution in [3.8, 4) is 0 Å². The summed E-state index contributed by atoms with van der Waals surface area (Å²) in [6.45, 7) is 10.4. The van der Waals surface area contributed by atoms with Crippen molar-refractivity contribution in [3.05, 3.63) is 29.8 Å². The van der Waals surface area contributed by atoms with E-state index in [4.69, 9.17) is 4.74 Å². The van der Waals surface area contributed by atoms with Crippen LogP contribution >= 0.6 is 0 Å². The molecule has 5 nitrogen and oxygen atoms in total. The van der Waals surface area contributed by atoms with Gasteiger partial charge in [0.15, 0.2) is 0 Å². The number of benzene rings is 1. The molecule has 1 saturated heterocycles. The minimum Gasteiger partial charge on any atom is -0.444 e. The lowest BCUT2D eigenvalue weighted by Gasteiger charge is -2.38. The van der Waals surface area contributed by atoms with Gasteiger partial charge in [0.1, 0.15) is 5.60 Å². The molecule has 132 valence electrons. The van der Waals surface area contributed by atoms with E-state index >= 15 is 0 Å². The monoisotopic (exact) mass is 332 g/mol. The van der Waals surface area contributed by atoms with Crippen LogP contribution in [0.3, 0.4) is 0 Å². The number of piperidine rings is 1. The Morgan fingerprint density at radius 2 is 1.83 bits per heavy atom. The number of likely N-dealkylation sites (tertiary alicyclic amines) is 1. The molecule has 0 aromatic heterocycles. The van der Waals surface area contributed by atoms with Crippen LogP contribution in [0.15, 0.2) is 24.3 Å². The van der Waals surface area contributed by atoms with Crippen LogP contribution in [0.2, 0.25) is 0 Å². The number of ether oxygens (including phenoxy) is 1. The first kappa shape index (κ1) is 18.3. The van der Waals surface area contributed by atoms with E-state index in [1.807, 2.05) is 56.9 Å². The van der Waals surface area contributed by atoms with Gasteiger partial charge in [-0.05, 0) is 58.2 Å². The Balaban J connectivity index is 2.04. The number of aryl methyl sites for hydroxylation is 1. The van der Waals surface area contributed by atoms with Crippen LogP contribution in [0.4, 0.5) is 10.5 Å². The van der Waals surface area contributed by atoms with Crippen LogP contribution in [0.5, 0.6) is 0 Å². The highest BCUT2D eigenvalue weighted by atomic mass is 16.6. The van der Waals surface area contributed by atoms with Crippen molar-refractivity contribution in [2.45, 2.75) is 59.1 Å². The van der Waals surface area contributed by atoms with Crippen LogP contribution in [0, 0.1) is 6.92 Å². The Kier molecular flexibility index (Phi) is 5.52. The molecule has 2 amide bonds. The van der Waals surface area contributed by atoms with Crippen LogP contribution in [-0.4, -0.2) is 41.6 Å². The number of carbonyl (C=O) groups excluding carboxylic acids is 2. The number of anilines is 1. The average Bonchev–Trinajstić information content (AvgIpc) is 2.46. The van der Waals surface area contributed by atoms with E-state index < -0.39 is 5.60 Å². The quantitative estimate of drug-likeness (QED) is 0.829. The van der Waals surface area contributed by atoms with Gasteiger partial charge in [0, 0.05) is 31.7 Å². The molecule has 1 aliphatic heterocycles. The van der Waals surface area contributed by atoms with Gasteiger partial charge in [-0.3, -0.25) is 4.79 Å². The summed E-state index contributed by atoms with van der Waals surface area (Å²) >= 11 is 0. The van der Waals surface area contributed by atoms with E-state index in [1.165, 1.54) is 0 Å². The molecule has 0 bridgehead atoms. The van der Waals surface area contributed by atoms with Crippen LogP contribution < -0.4 is 4.90 Å². The van der Waals surface area contributed by atoms with E-state index in [-0.39, 0.29) is 18.0 Å². The van der Waals surface area contributed by atoms with Gasteiger partial charge in [-0.1, -0.05) is 12.1 Å². The van der Waals surface area contributed by atoms with E-state index in [0.717, 1.165) is 24.1 Å². The van der Waals surface area contributed by atoms with E-state index in [9.17, 15) is 9.59 Å². The fourth-order valence-corrected chi connectivity index (χ4v) is 3.06. The number of rotatable bonds is 2. The van der Waals surface area contributed by atoms with Gasteiger partial charge in [0.25, 0.3) is 0 Å². The Labute approximate surface area is 144 Å². The Morgan fingerprint density at radius 1 is 1.21 bits per heavy atom. The zero-order valence-corrected chi connectivity index (χ0v) is 15.3. The van der Waals surface area contributed by atoms with Crippen molar-refractivity contribution in [3.63, 3.8) is 0 Å². The van der Waals surface area contributed by atoms with Gasteiger partial charge in [0.05, 0.1) is 0 Å². The third kappa shape index (κ3) is 4.73. The minimum atomic E-state index is -0.485. The molecular weight excluding hydrogens is 304 g/mol. The molecule has 0 aliphatic carbocycles. The zero-order chi connectivity index (χ0) is 17.9. The lowest BCUT2D eigenvalue weighted by atomic mass is 10.0. The van der Waals surface area contributed by atoms with Crippen LogP contribution in [0.25, 0.3) is 0 Å². The second-order valence-electron chi connectivity index (χ2n) is 7.43. The second kappa shape index (κ2) is 7.24. The molecule has 0 saturated carbocycles. The highest BCUT2D eigenvalue weighted by Crippen LogP contribution is 2.25. The molecule has 0 unspecified atom stereocenters. The highest BCUT2D eigenvalue weighted by Gasteiger charge is 2.31. The highest BCUT2D eigenvalue weighted by molar-refractivity contribution is 5.92. The molecule has 0 spiro atoms. The minimum absolute atomic E-state index is 0.0383. The summed E-state index contributed by atoms with van der Waals surface area (Å²) in [5.74, 6) is 0.0383. The van der Waals surface area contributed by atoms with Gasteiger partial charge in [-0.2, -0.15) is 0 Å². The Hall–Kier alpha value is -2.04. The fourth-order valence-electron chi connectivity index (χ4n) is 3.06. The van der Waals surface area contributed by atoms with E-state index in [2.05, 4.69) is 0 Å². The predicted molar refractivity (Wildman–Crippen MR) is 95.2 cm³/mol. The normalized spacial score (nSPS) is 16.0. The summed E-state index contributed by atoms with van der Waals surface area (Å²) in [5, 5.41) is 0. The first-order chi connectivity index (χ1) is 11.2. The number of carbonyl (C=O) groups is 2. The van der Waals surface area contributed by atoms with Crippen molar-refractivity contribution in [2.24, 2.45) is 0 Å². The summed E-state index contributed by atoms with van der Waals surface area (Å²) in [7, 11) is 0. The predicted octanol–water partition coefficient (Wildman–Crippen LogP) is 3.75. The summed E-state index contributed by atoms with van der Waals surface area (Å²) in [5.41, 5.74) is 1.57. The summed E-state index contributed by atoms with van der Waals surface area (Å²) in [6.07, 6.45) is 1.24. The topological polar surface area (TPSA) is 49.9 Å². The SMILES string of the molecule is CC(=O)N(c1cccc(C)c1)C1CCN(C(=O)OC(C)(C)C)CC1. The van der Waals surface area contributed by atoms with Crippen LogP contribution in [0.1, 0.15) is 46.1 Å². The first-order valence-corrected chi connectivity index (χ1v) is 8.52. The largest absolute Gasteiger partial charge is 0.444 e. The zero-order valence-electron chi connectivity index (χ0n) is 15.3. The lowest BCUT2D eigenvalue weighted by Crippen LogP contribution is -2.49. The first-order valence-electron chi connectivity index (χ1n) is 8.52. The summed E-state index contributed by atoms with van der Waals surface area (Å²) < 4.78 is 5.43. The summed E-state index contributed by atoms with van der Waals surface area (Å²) in [4.78, 5) is 27.9. The van der Waals surface area contributed by atoms with Crippen LogP contribution in [-0.2, 0) is 9.53 Å². The number of hydrogen-bond acceptors (Lipinski definition) is 3. The lowest BCUT2D eigenvalue weighted by molar-refractivity contribution is -0.117. The van der Waals surface area contributed by atoms with Crippen molar-refractivity contribution in [1.82, 2.24) is 4.90 Å². The number of amides is 2. The van der Waals surface area contributed by atoms with Gasteiger partial charge in [-0.25, -0.2) is 4.79 Å². The molecule has 1 aromatic carbocycles. The van der Waals surface area contributed by atoms with Gasteiger partial charge in [-0.15, -0.1) is 0 Å².